The third-order valence-electron chi connectivity index (χ3n) is 0. The van der Waals surface area contributed by atoms with E-state index in [1.54, 1.807) is 0 Å². The zero-order valence-corrected chi connectivity index (χ0v) is 1.63. The summed E-state index contributed by atoms with van der Waals surface area (Å²) in [5, 5.41) is 0. The number of halogens is 4. The molecule has 0 aliphatic rings. The van der Waals surface area contributed by atoms with E-state index in [1.165, 1.54) is 0 Å². The van der Waals surface area contributed by atoms with Crippen molar-refractivity contribution in [2.45, 2.75) is 0 Å². The van der Waals surface area contributed by atoms with E-state index in [4.69, 9.17) is 0 Å². The fraction of sp³-hybridized carbons (Fsp3) is 0. The molecule has 0 atom stereocenters. The molecule has 0 radical (unpaired) electrons. The van der Waals surface area contributed by atoms with E-state index < -0.39 is 0 Å². The molecule has 0 nitrogen and oxygen atoms in total. The Morgan fingerprint density at radius 1 is 0.500 bits per heavy atom. The zero-order valence-electron chi connectivity index (χ0n) is 1.63. The van der Waals surface area contributed by atoms with E-state index >= 15 is 0 Å². The molecule has 0 aliphatic heterocycles. The molecular weight excluding hydrogens is 126 g/mol. The Kier molecular flexibility index (Phi) is 2360. The average Bonchev–Trinajstić information content (AvgIpc) is 0. The Labute approximate surface area is 77.5 Å². The first-order valence-electron chi connectivity index (χ1n) is 0. The molecule has 0 aromatic rings. The van der Waals surface area contributed by atoms with Gasteiger partial charge in [-0.3, -0.25) is 18.8 Å². The van der Waals surface area contributed by atoms with Crippen LogP contribution >= 0.6 is 0 Å². The predicted octanol–water partition coefficient (Wildman–Crippen LogP) is -1.22. The van der Waals surface area contributed by atoms with Gasteiger partial charge in [-0.1, -0.05) is 0 Å². The second-order valence-electron chi connectivity index (χ2n) is 0. The van der Waals surface area contributed by atoms with Crippen LogP contribution in [0.5, 0.6) is 0 Å². The van der Waals surface area contributed by atoms with Crippen molar-refractivity contribution in [2.75, 3.05) is 0 Å². The van der Waals surface area contributed by atoms with Crippen LogP contribution in [-0.4, -0.2) is 59.8 Å². The molecule has 0 saturated heterocycles. The molecule has 0 N–H and O–H groups in total. The van der Waals surface area contributed by atoms with Crippen molar-refractivity contribution in [2.24, 2.45) is 0 Å². The van der Waals surface area contributed by atoms with Crippen LogP contribution in [0.25, 0.3) is 0 Å². The quantitative estimate of drug-likeness (QED) is 0.287. The summed E-state index contributed by atoms with van der Waals surface area (Å²) in [5.74, 6) is 0. The first-order chi connectivity index (χ1) is 0. The van der Waals surface area contributed by atoms with Crippen LogP contribution in [0.3, 0.4) is 0 Å². The number of hydrogen-bond donors (Lipinski definition) is 0. The van der Waals surface area contributed by atoms with Crippen molar-refractivity contribution in [1.29, 1.82) is 0 Å². The summed E-state index contributed by atoms with van der Waals surface area (Å²) < 4.78 is 0. The molecular formula is H8BF4K. The van der Waals surface area contributed by atoms with Crippen molar-refractivity contribution in [3.8, 4) is 0 Å². The first-order valence-corrected chi connectivity index (χ1v) is 0. The molecule has 0 aliphatic carbocycles. The molecule has 0 fully saturated rings. The van der Waals surface area contributed by atoms with Crippen LogP contribution < -0.4 is 0 Å². The summed E-state index contributed by atoms with van der Waals surface area (Å²) in [6, 6.07) is 0. The van der Waals surface area contributed by atoms with Gasteiger partial charge >= 0.3 is 51.4 Å². The van der Waals surface area contributed by atoms with Crippen molar-refractivity contribution < 1.29 is 18.8 Å². The third kappa shape index (κ3) is 52.5. The van der Waals surface area contributed by atoms with Gasteiger partial charge in [-0.15, -0.1) is 0 Å². The van der Waals surface area contributed by atoms with E-state index in [-0.39, 0.29) is 78.6 Å². The van der Waals surface area contributed by atoms with Crippen LogP contribution in [-0.2, 0) is 0 Å². The van der Waals surface area contributed by atoms with E-state index in [2.05, 4.69) is 0 Å². The van der Waals surface area contributed by atoms with E-state index in [0.717, 1.165) is 0 Å². The van der Waals surface area contributed by atoms with Crippen LogP contribution in [0.2, 0.25) is 0 Å². The maximum absolute atomic E-state index is 0. The summed E-state index contributed by atoms with van der Waals surface area (Å²) in [5.41, 5.74) is 0. The van der Waals surface area contributed by atoms with Crippen molar-refractivity contribution in [3.63, 3.8) is 0 Å². The summed E-state index contributed by atoms with van der Waals surface area (Å²) in [6.07, 6.45) is 0. The second-order valence-corrected chi connectivity index (χ2v) is 0. The molecule has 0 bridgehead atoms. The molecule has 0 aromatic heterocycles. The van der Waals surface area contributed by atoms with Gasteiger partial charge < -0.3 is 0 Å². The van der Waals surface area contributed by atoms with Gasteiger partial charge in [0.1, 0.15) is 0 Å². The van der Waals surface area contributed by atoms with Gasteiger partial charge in [-0.05, 0) is 0 Å². The topological polar surface area (TPSA) is 0 Å². The second kappa shape index (κ2) is 93.4. The van der Waals surface area contributed by atoms with Gasteiger partial charge in [0.05, 0.1) is 8.41 Å². The first kappa shape index (κ1) is 151. The average molecular weight is 134 g/mol. The Balaban J connectivity index is 0. The Morgan fingerprint density at radius 3 is 0.500 bits per heavy atom. The van der Waals surface area contributed by atoms with Crippen molar-refractivity contribution >= 4 is 59.8 Å². The van der Waals surface area contributed by atoms with Gasteiger partial charge in [0, 0.05) is 0 Å². The number of rotatable bonds is 0. The van der Waals surface area contributed by atoms with Crippen LogP contribution in [0.4, 0.5) is 18.8 Å². The molecule has 0 spiro atoms. The SMILES string of the molecule is B.F.F.F.F.[KH]. The maximum atomic E-state index is 0. The third-order valence-corrected chi connectivity index (χ3v) is 0. The minimum atomic E-state index is 0. The fourth-order valence-corrected chi connectivity index (χ4v) is 0. The summed E-state index contributed by atoms with van der Waals surface area (Å²) in [6.45, 7) is 0. The zero-order chi connectivity index (χ0) is 0. The molecule has 0 unspecified atom stereocenters. The van der Waals surface area contributed by atoms with Crippen molar-refractivity contribution in [3.05, 3.63) is 0 Å². The van der Waals surface area contributed by atoms with Gasteiger partial charge in [0.15, 0.2) is 0 Å². The molecule has 0 heterocycles. The van der Waals surface area contributed by atoms with Crippen molar-refractivity contribution in [1.82, 2.24) is 0 Å². The monoisotopic (exact) mass is 134 g/mol. The Morgan fingerprint density at radius 2 is 0.500 bits per heavy atom. The summed E-state index contributed by atoms with van der Waals surface area (Å²) >= 11 is 0. The molecule has 6 heavy (non-hydrogen) atoms. The minimum absolute atomic E-state index is 0. The molecule has 40 valence electrons. The number of hydrogen-bond acceptors (Lipinski definition) is 0. The molecule has 0 aromatic carbocycles. The fourth-order valence-electron chi connectivity index (χ4n) is 0. The van der Waals surface area contributed by atoms with Crippen LogP contribution in [0.1, 0.15) is 0 Å². The van der Waals surface area contributed by atoms with Gasteiger partial charge in [-0.2, -0.15) is 0 Å². The summed E-state index contributed by atoms with van der Waals surface area (Å²) in [4.78, 5) is 0. The van der Waals surface area contributed by atoms with Crippen LogP contribution in [0, 0.1) is 0 Å². The van der Waals surface area contributed by atoms with Gasteiger partial charge in [-0.25, -0.2) is 0 Å². The van der Waals surface area contributed by atoms with Gasteiger partial charge in [0.2, 0.25) is 0 Å². The molecule has 0 rings (SSSR count). The molecule has 0 amide bonds. The van der Waals surface area contributed by atoms with E-state index in [0.29, 0.717) is 0 Å². The Hall–Kier alpha value is 1.42. The molecule has 6 heteroatoms. The predicted molar refractivity (Wildman–Crippen MR) is 27.1 cm³/mol. The van der Waals surface area contributed by atoms with Gasteiger partial charge in [0.25, 0.3) is 0 Å². The van der Waals surface area contributed by atoms with Crippen LogP contribution in [0.15, 0.2) is 0 Å². The molecule has 0 saturated carbocycles. The van der Waals surface area contributed by atoms with E-state index in [9.17, 15) is 0 Å². The standard InChI is InChI=1S/BH3.4FH.K.H/h1H3;4*1H;;. The Bertz CT molecular complexity index is 7.51. The van der Waals surface area contributed by atoms with E-state index in [1.807, 2.05) is 0 Å². The normalized spacial score (nSPS) is 0. The summed E-state index contributed by atoms with van der Waals surface area (Å²) in [7, 11) is 0.